The summed E-state index contributed by atoms with van der Waals surface area (Å²) in [6.07, 6.45) is 1.79. The van der Waals surface area contributed by atoms with Crippen molar-refractivity contribution in [2.24, 2.45) is 0 Å². The fourth-order valence-corrected chi connectivity index (χ4v) is 3.05. The number of pyridine rings is 1. The van der Waals surface area contributed by atoms with Crippen LogP contribution in [0, 0.1) is 0 Å². The van der Waals surface area contributed by atoms with Crippen molar-refractivity contribution in [2.45, 2.75) is 6.92 Å². The van der Waals surface area contributed by atoms with Gasteiger partial charge in [-0.25, -0.2) is 9.78 Å². The Morgan fingerprint density at radius 3 is 2.52 bits per heavy atom. The number of ether oxygens (including phenoxy) is 1. The number of amides is 1. The summed E-state index contributed by atoms with van der Waals surface area (Å²) >= 11 is 0. The molecule has 27 heavy (non-hydrogen) atoms. The third-order valence-corrected chi connectivity index (χ3v) is 4.41. The molecular formula is C20H24N4O3. The van der Waals surface area contributed by atoms with Crippen molar-refractivity contribution in [2.75, 3.05) is 49.5 Å². The molecule has 1 aromatic heterocycles. The number of rotatable bonds is 6. The number of anilines is 2. The van der Waals surface area contributed by atoms with Crippen LogP contribution in [0.25, 0.3) is 0 Å². The lowest BCUT2D eigenvalue weighted by molar-refractivity contribution is -0.117. The standard InChI is InChI=1S/C20H24N4O3/c1-2-27-20(26)16-7-3-4-8-17(16)22-19(25)15-23-11-13-24(14-12-23)18-9-5-6-10-21-18/h3-10H,2,11-15H2,1H3,(H,22,25). The molecule has 1 aliphatic heterocycles. The lowest BCUT2D eigenvalue weighted by atomic mass is 10.2. The Labute approximate surface area is 158 Å². The van der Waals surface area contributed by atoms with E-state index in [-0.39, 0.29) is 12.5 Å². The number of benzene rings is 1. The maximum absolute atomic E-state index is 12.4. The van der Waals surface area contributed by atoms with E-state index in [9.17, 15) is 9.59 Å². The van der Waals surface area contributed by atoms with E-state index in [0.29, 0.717) is 17.9 Å². The van der Waals surface area contributed by atoms with Gasteiger partial charge in [0.25, 0.3) is 0 Å². The molecule has 1 N–H and O–H groups in total. The maximum Gasteiger partial charge on any atom is 0.340 e. The fraction of sp³-hybridized carbons (Fsp3) is 0.350. The Morgan fingerprint density at radius 1 is 1.07 bits per heavy atom. The molecule has 2 aromatic rings. The summed E-state index contributed by atoms with van der Waals surface area (Å²) in [5, 5.41) is 2.83. The second kappa shape index (κ2) is 9.14. The molecule has 0 aliphatic carbocycles. The normalized spacial score (nSPS) is 14.6. The van der Waals surface area contributed by atoms with Gasteiger partial charge in [0.05, 0.1) is 24.4 Å². The Bertz CT molecular complexity index is 774. The van der Waals surface area contributed by atoms with Crippen molar-refractivity contribution >= 4 is 23.4 Å². The third kappa shape index (κ3) is 5.04. The van der Waals surface area contributed by atoms with E-state index in [0.717, 1.165) is 32.0 Å². The minimum absolute atomic E-state index is 0.141. The van der Waals surface area contributed by atoms with E-state index in [1.807, 2.05) is 18.2 Å². The number of carbonyl (C=O) groups is 2. The molecule has 0 spiro atoms. The average molecular weight is 368 g/mol. The molecule has 2 heterocycles. The topological polar surface area (TPSA) is 74.8 Å². The highest BCUT2D eigenvalue weighted by Gasteiger charge is 2.20. The molecule has 0 radical (unpaired) electrons. The summed E-state index contributed by atoms with van der Waals surface area (Å²) in [4.78, 5) is 33.1. The monoisotopic (exact) mass is 368 g/mol. The second-order valence-electron chi connectivity index (χ2n) is 6.27. The Balaban J connectivity index is 1.53. The van der Waals surface area contributed by atoms with Crippen LogP contribution in [0.3, 0.4) is 0 Å². The van der Waals surface area contributed by atoms with Gasteiger partial charge in [-0.2, -0.15) is 0 Å². The van der Waals surface area contributed by atoms with Gasteiger partial charge in [0.15, 0.2) is 0 Å². The molecule has 1 amide bonds. The van der Waals surface area contributed by atoms with Gasteiger partial charge in [0.1, 0.15) is 5.82 Å². The number of nitrogens with zero attached hydrogens (tertiary/aromatic N) is 3. The number of piperazine rings is 1. The van der Waals surface area contributed by atoms with Crippen molar-refractivity contribution in [1.29, 1.82) is 0 Å². The van der Waals surface area contributed by atoms with Crippen LogP contribution in [0.1, 0.15) is 17.3 Å². The van der Waals surface area contributed by atoms with Crippen molar-refractivity contribution in [3.05, 3.63) is 54.2 Å². The van der Waals surface area contributed by atoms with E-state index >= 15 is 0 Å². The molecule has 7 nitrogen and oxygen atoms in total. The molecule has 3 rings (SSSR count). The highest BCUT2D eigenvalue weighted by atomic mass is 16.5. The van der Waals surface area contributed by atoms with Crippen LogP contribution in [-0.2, 0) is 9.53 Å². The highest BCUT2D eigenvalue weighted by Crippen LogP contribution is 2.17. The SMILES string of the molecule is CCOC(=O)c1ccccc1NC(=O)CN1CCN(c2ccccn2)CC1. The van der Waals surface area contributed by atoms with Crippen LogP contribution in [0.5, 0.6) is 0 Å². The number of hydrogen-bond acceptors (Lipinski definition) is 6. The van der Waals surface area contributed by atoms with Gasteiger partial charge in [-0.1, -0.05) is 18.2 Å². The first kappa shape index (κ1) is 18.8. The van der Waals surface area contributed by atoms with Gasteiger partial charge in [-0.05, 0) is 31.2 Å². The minimum atomic E-state index is -0.433. The van der Waals surface area contributed by atoms with Crippen LogP contribution < -0.4 is 10.2 Å². The Hall–Kier alpha value is -2.93. The van der Waals surface area contributed by atoms with Crippen molar-refractivity contribution in [3.63, 3.8) is 0 Å². The zero-order chi connectivity index (χ0) is 19.1. The van der Waals surface area contributed by atoms with E-state index in [2.05, 4.69) is 20.1 Å². The molecule has 0 saturated carbocycles. The van der Waals surface area contributed by atoms with E-state index in [1.165, 1.54) is 0 Å². The quantitative estimate of drug-likeness (QED) is 0.787. The van der Waals surface area contributed by atoms with Crippen molar-refractivity contribution in [1.82, 2.24) is 9.88 Å². The number of hydrogen-bond donors (Lipinski definition) is 1. The van der Waals surface area contributed by atoms with Crippen LogP contribution in [-0.4, -0.2) is 61.1 Å². The molecule has 1 aromatic carbocycles. The lowest BCUT2D eigenvalue weighted by Crippen LogP contribution is -2.49. The Morgan fingerprint density at radius 2 is 1.81 bits per heavy atom. The van der Waals surface area contributed by atoms with Crippen LogP contribution in [0.4, 0.5) is 11.5 Å². The maximum atomic E-state index is 12.4. The molecule has 7 heteroatoms. The molecule has 0 atom stereocenters. The Kier molecular flexibility index (Phi) is 6.38. The predicted molar refractivity (Wildman–Crippen MR) is 104 cm³/mol. The van der Waals surface area contributed by atoms with Gasteiger partial charge in [0, 0.05) is 32.4 Å². The summed E-state index contributed by atoms with van der Waals surface area (Å²) < 4.78 is 5.04. The smallest absolute Gasteiger partial charge is 0.340 e. The number of para-hydroxylation sites is 1. The third-order valence-electron chi connectivity index (χ3n) is 4.41. The second-order valence-corrected chi connectivity index (χ2v) is 6.27. The summed E-state index contributed by atoms with van der Waals surface area (Å²) in [6, 6.07) is 12.8. The van der Waals surface area contributed by atoms with Crippen LogP contribution in [0.15, 0.2) is 48.7 Å². The zero-order valence-corrected chi connectivity index (χ0v) is 15.4. The molecule has 1 aliphatic rings. The average Bonchev–Trinajstić information content (AvgIpc) is 2.70. The number of aromatic nitrogens is 1. The molecule has 142 valence electrons. The van der Waals surface area contributed by atoms with Crippen molar-refractivity contribution in [3.8, 4) is 0 Å². The van der Waals surface area contributed by atoms with Crippen LogP contribution in [0.2, 0.25) is 0 Å². The molecular weight excluding hydrogens is 344 g/mol. The largest absolute Gasteiger partial charge is 0.462 e. The summed E-state index contributed by atoms with van der Waals surface area (Å²) in [5.74, 6) is 0.389. The first-order valence-corrected chi connectivity index (χ1v) is 9.11. The summed E-state index contributed by atoms with van der Waals surface area (Å²) in [5.41, 5.74) is 0.848. The van der Waals surface area contributed by atoms with E-state index < -0.39 is 5.97 Å². The van der Waals surface area contributed by atoms with Gasteiger partial charge in [-0.15, -0.1) is 0 Å². The van der Waals surface area contributed by atoms with Crippen molar-refractivity contribution < 1.29 is 14.3 Å². The number of carbonyl (C=O) groups excluding carboxylic acids is 2. The number of nitrogens with one attached hydrogen (secondary N) is 1. The molecule has 0 bridgehead atoms. The molecule has 0 unspecified atom stereocenters. The number of esters is 1. The molecule has 1 saturated heterocycles. The van der Waals surface area contributed by atoms with Gasteiger partial charge >= 0.3 is 5.97 Å². The lowest BCUT2D eigenvalue weighted by Gasteiger charge is -2.34. The van der Waals surface area contributed by atoms with Gasteiger partial charge < -0.3 is 15.0 Å². The fourth-order valence-electron chi connectivity index (χ4n) is 3.05. The minimum Gasteiger partial charge on any atom is -0.462 e. The first-order chi connectivity index (χ1) is 13.2. The zero-order valence-electron chi connectivity index (χ0n) is 15.4. The van der Waals surface area contributed by atoms with Crippen LogP contribution >= 0.6 is 0 Å². The summed E-state index contributed by atoms with van der Waals surface area (Å²) in [6.45, 7) is 5.54. The van der Waals surface area contributed by atoms with Gasteiger partial charge in [0.2, 0.25) is 5.91 Å². The highest BCUT2D eigenvalue weighted by molar-refractivity contribution is 6.01. The van der Waals surface area contributed by atoms with E-state index in [1.54, 1.807) is 37.4 Å². The predicted octanol–water partition coefficient (Wildman–Crippen LogP) is 2.02. The van der Waals surface area contributed by atoms with Gasteiger partial charge in [-0.3, -0.25) is 9.69 Å². The summed E-state index contributed by atoms with van der Waals surface area (Å²) in [7, 11) is 0. The first-order valence-electron chi connectivity index (χ1n) is 9.11. The molecule has 1 fully saturated rings. The van der Waals surface area contributed by atoms with E-state index in [4.69, 9.17) is 4.74 Å².